The van der Waals surface area contributed by atoms with Gasteiger partial charge in [-0.1, -0.05) is 22.8 Å². The molecule has 13 heteroatoms. The first kappa shape index (κ1) is 27.2. The second-order valence-corrected chi connectivity index (χ2v) is 9.31. The molecule has 0 aliphatic carbocycles. The normalized spacial score (nSPS) is 18.6. The van der Waals surface area contributed by atoms with E-state index in [1.54, 1.807) is 32.9 Å². The maximum absolute atomic E-state index is 13.0. The number of alkyl halides is 3. The Labute approximate surface area is 206 Å². The van der Waals surface area contributed by atoms with E-state index in [1.807, 2.05) is 19.1 Å². The van der Waals surface area contributed by atoms with Gasteiger partial charge in [-0.25, -0.2) is 4.79 Å². The Bertz CT molecular complexity index is 1040. The van der Waals surface area contributed by atoms with Gasteiger partial charge in [0.05, 0.1) is 6.61 Å². The highest BCUT2D eigenvalue weighted by Crippen LogP contribution is 2.33. The SMILES string of the molecule is Cc1ccc(C(=O)N[C@H]2CC[C@H](c3nnc(OCCOC(F)(F)F)o3)N(C(=O)OC(C)(C)C)C2)cc1. The molecule has 1 aromatic carbocycles. The number of piperidine rings is 1. The van der Waals surface area contributed by atoms with Crippen LogP contribution in [0.25, 0.3) is 0 Å². The van der Waals surface area contributed by atoms with Crippen molar-refractivity contribution in [1.29, 1.82) is 0 Å². The Kier molecular flexibility index (Phi) is 8.43. The molecule has 0 unspecified atom stereocenters. The zero-order chi connectivity index (χ0) is 26.5. The molecule has 1 saturated heterocycles. The fourth-order valence-electron chi connectivity index (χ4n) is 3.54. The van der Waals surface area contributed by atoms with E-state index in [-0.39, 0.29) is 30.5 Å². The van der Waals surface area contributed by atoms with Crippen LogP contribution >= 0.6 is 0 Å². The first-order valence-electron chi connectivity index (χ1n) is 11.3. The van der Waals surface area contributed by atoms with Crippen molar-refractivity contribution in [1.82, 2.24) is 20.4 Å². The van der Waals surface area contributed by atoms with E-state index in [2.05, 4.69) is 20.3 Å². The molecular formula is C23H29F3N4O6. The van der Waals surface area contributed by atoms with Gasteiger partial charge in [0.25, 0.3) is 5.91 Å². The van der Waals surface area contributed by atoms with E-state index in [0.29, 0.717) is 18.4 Å². The van der Waals surface area contributed by atoms with Gasteiger partial charge in [-0.05, 0) is 52.7 Å². The molecule has 0 saturated carbocycles. The van der Waals surface area contributed by atoms with Gasteiger partial charge < -0.3 is 19.2 Å². The summed E-state index contributed by atoms with van der Waals surface area (Å²) in [5.41, 5.74) is 0.750. The molecule has 1 N–H and O–H groups in total. The standard InChI is InChI=1S/C23H29F3N4O6/c1-14-5-7-15(8-6-14)18(31)27-16-9-10-17(30(13-16)21(32)36-22(2,3)4)19-28-29-20(35-19)33-11-12-34-23(24,25)26/h5-8,16-17H,9-13H2,1-4H3,(H,27,31)/t16-,17+/m0/s1. The summed E-state index contributed by atoms with van der Waals surface area (Å²) in [5, 5.41) is 10.5. The van der Waals surface area contributed by atoms with Crippen molar-refractivity contribution >= 4 is 12.0 Å². The minimum atomic E-state index is -4.77. The number of amides is 2. The maximum atomic E-state index is 13.0. The summed E-state index contributed by atoms with van der Waals surface area (Å²) in [6.07, 6.45) is -4.91. The zero-order valence-electron chi connectivity index (χ0n) is 20.4. The number of benzene rings is 1. The van der Waals surface area contributed by atoms with E-state index in [1.165, 1.54) is 4.90 Å². The van der Waals surface area contributed by atoms with Crippen LogP contribution in [0.4, 0.5) is 18.0 Å². The lowest BCUT2D eigenvalue weighted by molar-refractivity contribution is -0.325. The Hall–Kier alpha value is -3.35. The quantitative estimate of drug-likeness (QED) is 0.548. The number of halogens is 3. The second kappa shape index (κ2) is 11.1. The van der Waals surface area contributed by atoms with Crippen LogP contribution in [0.1, 0.15) is 61.5 Å². The summed E-state index contributed by atoms with van der Waals surface area (Å²) in [6.45, 7) is 6.00. The summed E-state index contributed by atoms with van der Waals surface area (Å²) >= 11 is 0. The molecule has 2 amide bonds. The van der Waals surface area contributed by atoms with Crippen LogP contribution in [0, 0.1) is 6.92 Å². The fraction of sp³-hybridized carbons (Fsp3) is 0.565. The minimum Gasteiger partial charge on any atom is -0.447 e. The largest absolute Gasteiger partial charge is 0.522 e. The Morgan fingerprint density at radius 3 is 2.44 bits per heavy atom. The average Bonchev–Trinajstić information content (AvgIpc) is 3.24. The van der Waals surface area contributed by atoms with E-state index < -0.39 is 37.3 Å². The van der Waals surface area contributed by atoms with E-state index in [9.17, 15) is 22.8 Å². The van der Waals surface area contributed by atoms with E-state index in [0.717, 1.165) is 5.56 Å². The summed E-state index contributed by atoms with van der Waals surface area (Å²) < 4.78 is 55.9. The fourth-order valence-corrected chi connectivity index (χ4v) is 3.54. The molecule has 1 aliphatic rings. The summed E-state index contributed by atoms with van der Waals surface area (Å²) in [4.78, 5) is 27.1. The van der Waals surface area contributed by atoms with Gasteiger partial charge in [0, 0.05) is 18.2 Å². The number of aryl methyl sites for hydroxylation is 1. The van der Waals surface area contributed by atoms with Crippen LogP contribution in [-0.2, 0) is 9.47 Å². The Morgan fingerprint density at radius 1 is 1.11 bits per heavy atom. The van der Waals surface area contributed by atoms with Crippen molar-refractivity contribution in [2.24, 2.45) is 0 Å². The molecule has 1 aromatic heterocycles. The Balaban J connectivity index is 1.68. The maximum Gasteiger partial charge on any atom is 0.522 e. The van der Waals surface area contributed by atoms with Crippen LogP contribution in [0.5, 0.6) is 6.08 Å². The lowest BCUT2D eigenvalue weighted by Gasteiger charge is -2.38. The molecular weight excluding hydrogens is 485 g/mol. The van der Waals surface area contributed by atoms with Crippen molar-refractivity contribution in [3.05, 3.63) is 41.3 Å². The first-order valence-corrected chi connectivity index (χ1v) is 11.3. The van der Waals surface area contributed by atoms with Gasteiger partial charge in [0.1, 0.15) is 18.2 Å². The number of likely N-dealkylation sites (tertiary alicyclic amines) is 1. The van der Waals surface area contributed by atoms with E-state index in [4.69, 9.17) is 13.9 Å². The van der Waals surface area contributed by atoms with Crippen molar-refractivity contribution in [2.75, 3.05) is 19.8 Å². The topological polar surface area (TPSA) is 116 Å². The van der Waals surface area contributed by atoms with Crippen LogP contribution in [0.15, 0.2) is 28.7 Å². The highest BCUT2D eigenvalue weighted by molar-refractivity contribution is 5.94. The molecule has 1 aliphatic heterocycles. The Morgan fingerprint density at radius 2 is 1.81 bits per heavy atom. The zero-order valence-corrected chi connectivity index (χ0v) is 20.4. The van der Waals surface area contributed by atoms with E-state index >= 15 is 0 Å². The predicted octanol–water partition coefficient (Wildman–Crippen LogP) is 4.16. The van der Waals surface area contributed by atoms with Crippen molar-refractivity contribution in [2.45, 2.75) is 64.6 Å². The number of carbonyl (C=O) groups is 2. The van der Waals surface area contributed by atoms with Crippen molar-refractivity contribution < 1.29 is 41.4 Å². The molecule has 1 fully saturated rings. The summed E-state index contributed by atoms with van der Waals surface area (Å²) in [7, 11) is 0. The molecule has 10 nitrogen and oxygen atoms in total. The van der Waals surface area contributed by atoms with Gasteiger partial charge in [0.2, 0.25) is 5.89 Å². The third kappa shape index (κ3) is 8.11. The second-order valence-electron chi connectivity index (χ2n) is 9.31. The van der Waals surface area contributed by atoms with Gasteiger partial charge in [-0.3, -0.25) is 14.4 Å². The first-order chi connectivity index (χ1) is 16.8. The molecule has 198 valence electrons. The third-order valence-electron chi connectivity index (χ3n) is 5.14. The van der Waals surface area contributed by atoms with Crippen molar-refractivity contribution in [3.8, 4) is 6.08 Å². The van der Waals surface area contributed by atoms with Crippen LogP contribution in [0.3, 0.4) is 0 Å². The number of aromatic nitrogens is 2. The molecule has 2 heterocycles. The average molecular weight is 515 g/mol. The van der Waals surface area contributed by atoms with Gasteiger partial charge in [-0.15, -0.1) is 18.3 Å². The lowest BCUT2D eigenvalue weighted by Crippen LogP contribution is -2.52. The predicted molar refractivity (Wildman–Crippen MR) is 119 cm³/mol. The van der Waals surface area contributed by atoms with Gasteiger partial charge in [0.15, 0.2) is 0 Å². The molecule has 2 atom stereocenters. The smallest absolute Gasteiger partial charge is 0.447 e. The number of hydrogen-bond donors (Lipinski definition) is 1. The summed E-state index contributed by atoms with van der Waals surface area (Å²) in [6, 6.07) is 6.08. The number of nitrogens with one attached hydrogen (secondary N) is 1. The van der Waals surface area contributed by atoms with Gasteiger partial charge >= 0.3 is 18.5 Å². The highest BCUT2D eigenvalue weighted by Gasteiger charge is 2.39. The molecule has 0 bridgehead atoms. The molecule has 2 aromatic rings. The molecule has 0 spiro atoms. The third-order valence-corrected chi connectivity index (χ3v) is 5.14. The number of ether oxygens (including phenoxy) is 3. The molecule has 36 heavy (non-hydrogen) atoms. The highest BCUT2D eigenvalue weighted by atomic mass is 19.4. The van der Waals surface area contributed by atoms with Crippen molar-refractivity contribution in [3.63, 3.8) is 0 Å². The van der Waals surface area contributed by atoms with Crippen LogP contribution < -0.4 is 10.1 Å². The van der Waals surface area contributed by atoms with Crippen LogP contribution in [0.2, 0.25) is 0 Å². The number of rotatable bonds is 7. The van der Waals surface area contributed by atoms with Crippen LogP contribution in [-0.4, -0.2) is 64.9 Å². The number of hydrogen-bond acceptors (Lipinski definition) is 8. The molecule has 3 rings (SSSR count). The molecule has 0 radical (unpaired) electrons. The number of carbonyl (C=O) groups excluding carboxylic acids is 2. The summed E-state index contributed by atoms with van der Waals surface area (Å²) in [5.74, 6) is -0.229. The number of nitrogens with zero attached hydrogens (tertiary/aromatic N) is 3. The monoisotopic (exact) mass is 514 g/mol. The lowest BCUT2D eigenvalue weighted by atomic mass is 9.98. The minimum absolute atomic E-state index is 0.0379. The van der Waals surface area contributed by atoms with Gasteiger partial charge in [-0.2, -0.15) is 0 Å².